The molecular weight excluding hydrogens is 224 g/mol. The molecule has 3 nitrogen and oxygen atoms in total. The molecule has 0 heterocycles. The van der Waals surface area contributed by atoms with Crippen LogP contribution in [0.4, 0.5) is 0 Å². The molecular formula is C15H22N2O. The molecule has 3 heteroatoms. The largest absolute Gasteiger partial charge is 0.368 e. The smallest absolute Gasteiger partial charge is 0.234 e. The highest BCUT2D eigenvalue weighted by Gasteiger charge is 2.29. The molecule has 2 rings (SSSR count). The number of nitrogens with two attached hydrogens (primary N) is 1. The van der Waals surface area contributed by atoms with E-state index in [4.69, 9.17) is 5.73 Å². The van der Waals surface area contributed by atoms with Gasteiger partial charge in [0.05, 0.1) is 6.04 Å². The van der Waals surface area contributed by atoms with Crippen molar-refractivity contribution in [1.82, 2.24) is 5.32 Å². The van der Waals surface area contributed by atoms with Crippen molar-refractivity contribution in [3.05, 3.63) is 35.9 Å². The first kappa shape index (κ1) is 13.1. The van der Waals surface area contributed by atoms with Crippen LogP contribution in [0.3, 0.4) is 0 Å². The topological polar surface area (TPSA) is 55.1 Å². The predicted molar refractivity (Wildman–Crippen MR) is 73.1 cm³/mol. The number of primary amides is 1. The summed E-state index contributed by atoms with van der Waals surface area (Å²) in [6.45, 7) is 1.85. The SMILES string of the molecule is C[C@H](N[C@@H]1CCC[C@@H]1Cc1ccccc1)C(N)=O. The molecule has 0 aromatic heterocycles. The van der Waals surface area contributed by atoms with Crippen LogP contribution < -0.4 is 11.1 Å². The van der Waals surface area contributed by atoms with Gasteiger partial charge < -0.3 is 11.1 Å². The fraction of sp³-hybridized carbons (Fsp3) is 0.533. The van der Waals surface area contributed by atoms with Gasteiger partial charge in [0.1, 0.15) is 0 Å². The van der Waals surface area contributed by atoms with Crippen LogP contribution in [0, 0.1) is 5.92 Å². The predicted octanol–water partition coefficient (Wildman–Crippen LogP) is 1.86. The third-order valence-corrected chi connectivity index (χ3v) is 3.89. The lowest BCUT2D eigenvalue weighted by Crippen LogP contribution is -2.46. The Morgan fingerprint density at radius 2 is 2.11 bits per heavy atom. The molecule has 1 aromatic rings. The second-order valence-corrected chi connectivity index (χ2v) is 5.28. The Balaban J connectivity index is 1.93. The van der Waals surface area contributed by atoms with Crippen molar-refractivity contribution in [3.8, 4) is 0 Å². The summed E-state index contributed by atoms with van der Waals surface area (Å²) in [5.74, 6) is 0.356. The van der Waals surface area contributed by atoms with Crippen molar-refractivity contribution >= 4 is 5.91 Å². The number of hydrogen-bond acceptors (Lipinski definition) is 2. The van der Waals surface area contributed by atoms with E-state index in [1.165, 1.54) is 18.4 Å². The summed E-state index contributed by atoms with van der Waals surface area (Å²) in [5.41, 5.74) is 6.69. The number of benzene rings is 1. The lowest BCUT2D eigenvalue weighted by Gasteiger charge is -2.23. The molecule has 0 unspecified atom stereocenters. The molecule has 3 atom stereocenters. The minimum absolute atomic E-state index is 0.230. The van der Waals surface area contributed by atoms with Gasteiger partial charge in [0.15, 0.2) is 0 Å². The molecule has 0 saturated heterocycles. The van der Waals surface area contributed by atoms with Crippen molar-refractivity contribution in [2.24, 2.45) is 11.7 Å². The van der Waals surface area contributed by atoms with Crippen LogP contribution in [0.15, 0.2) is 30.3 Å². The maximum absolute atomic E-state index is 11.1. The van der Waals surface area contributed by atoms with E-state index in [-0.39, 0.29) is 11.9 Å². The van der Waals surface area contributed by atoms with Gasteiger partial charge in [-0.3, -0.25) is 4.79 Å². The van der Waals surface area contributed by atoms with E-state index in [9.17, 15) is 4.79 Å². The first-order valence-corrected chi connectivity index (χ1v) is 6.76. The fourth-order valence-corrected chi connectivity index (χ4v) is 2.82. The zero-order chi connectivity index (χ0) is 13.0. The van der Waals surface area contributed by atoms with Crippen LogP contribution in [0.2, 0.25) is 0 Å². The van der Waals surface area contributed by atoms with E-state index in [1.54, 1.807) is 0 Å². The van der Waals surface area contributed by atoms with Crippen LogP contribution in [-0.4, -0.2) is 18.0 Å². The first-order valence-electron chi connectivity index (χ1n) is 6.76. The van der Waals surface area contributed by atoms with Crippen LogP contribution in [0.5, 0.6) is 0 Å². The zero-order valence-corrected chi connectivity index (χ0v) is 10.9. The summed E-state index contributed by atoms with van der Waals surface area (Å²) in [6, 6.07) is 10.7. The van der Waals surface area contributed by atoms with E-state index in [1.807, 2.05) is 13.0 Å². The second-order valence-electron chi connectivity index (χ2n) is 5.28. The Kier molecular flexibility index (Phi) is 4.37. The molecule has 98 valence electrons. The van der Waals surface area contributed by atoms with Crippen LogP contribution >= 0.6 is 0 Å². The van der Waals surface area contributed by atoms with Gasteiger partial charge >= 0.3 is 0 Å². The second kappa shape index (κ2) is 6.01. The number of carbonyl (C=O) groups is 1. The maximum atomic E-state index is 11.1. The van der Waals surface area contributed by atoms with Gasteiger partial charge in [-0.15, -0.1) is 0 Å². The molecule has 1 fully saturated rings. The fourth-order valence-electron chi connectivity index (χ4n) is 2.82. The van der Waals surface area contributed by atoms with Crippen LogP contribution in [-0.2, 0) is 11.2 Å². The van der Waals surface area contributed by atoms with Crippen LogP contribution in [0.1, 0.15) is 31.7 Å². The number of nitrogens with one attached hydrogen (secondary N) is 1. The molecule has 0 bridgehead atoms. The Bertz CT molecular complexity index is 391. The summed E-state index contributed by atoms with van der Waals surface area (Å²) in [5, 5.41) is 3.37. The van der Waals surface area contributed by atoms with E-state index >= 15 is 0 Å². The molecule has 1 aromatic carbocycles. The monoisotopic (exact) mass is 246 g/mol. The Hall–Kier alpha value is -1.35. The van der Waals surface area contributed by atoms with Gasteiger partial charge in [0, 0.05) is 6.04 Å². The highest BCUT2D eigenvalue weighted by molar-refractivity contribution is 5.79. The third-order valence-electron chi connectivity index (χ3n) is 3.89. The number of amides is 1. The van der Waals surface area contributed by atoms with E-state index in [0.29, 0.717) is 12.0 Å². The van der Waals surface area contributed by atoms with Crippen molar-refractivity contribution in [2.75, 3.05) is 0 Å². The van der Waals surface area contributed by atoms with Crippen molar-refractivity contribution < 1.29 is 4.79 Å². The Morgan fingerprint density at radius 3 is 2.78 bits per heavy atom. The molecule has 0 aliphatic heterocycles. The Labute approximate surface area is 109 Å². The average Bonchev–Trinajstić information content (AvgIpc) is 2.78. The molecule has 1 saturated carbocycles. The van der Waals surface area contributed by atoms with E-state index < -0.39 is 0 Å². The molecule has 0 radical (unpaired) electrons. The summed E-state index contributed by atoms with van der Waals surface area (Å²) < 4.78 is 0. The van der Waals surface area contributed by atoms with Crippen molar-refractivity contribution in [3.63, 3.8) is 0 Å². The number of rotatable bonds is 5. The number of hydrogen-bond donors (Lipinski definition) is 2. The van der Waals surface area contributed by atoms with E-state index in [2.05, 4.69) is 29.6 Å². The summed E-state index contributed by atoms with van der Waals surface area (Å²) in [7, 11) is 0. The van der Waals surface area contributed by atoms with Crippen molar-refractivity contribution in [1.29, 1.82) is 0 Å². The molecule has 1 aliphatic carbocycles. The average molecular weight is 246 g/mol. The standard InChI is InChI=1S/C15H22N2O/c1-11(15(16)18)17-14-9-5-8-13(14)10-12-6-3-2-4-7-12/h2-4,6-7,11,13-14,17H,5,8-10H2,1H3,(H2,16,18)/t11-,13+,14+/m0/s1. The summed E-state index contributed by atoms with van der Waals surface area (Å²) in [6.07, 6.45) is 4.71. The van der Waals surface area contributed by atoms with E-state index in [0.717, 1.165) is 12.8 Å². The normalized spacial score (nSPS) is 24.9. The van der Waals surface area contributed by atoms with Gasteiger partial charge in [0.2, 0.25) is 5.91 Å². The van der Waals surface area contributed by atoms with Crippen LogP contribution in [0.25, 0.3) is 0 Å². The van der Waals surface area contributed by atoms with Gasteiger partial charge in [0.25, 0.3) is 0 Å². The maximum Gasteiger partial charge on any atom is 0.234 e. The summed E-state index contributed by atoms with van der Waals surface area (Å²) in [4.78, 5) is 11.1. The molecule has 3 N–H and O–H groups in total. The van der Waals surface area contributed by atoms with Gasteiger partial charge in [-0.2, -0.15) is 0 Å². The molecule has 0 spiro atoms. The van der Waals surface area contributed by atoms with Crippen molar-refractivity contribution in [2.45, 2.75) is 44.7 Å². The summed E-state index contributed by atoms with van der Waals surface area (Å²) >= 11 is 0. The van der Waals surface area contributed by atoms with Gasteiger partial charge in [-0.05, 0) is 37.7 Å². The molecule has 1 aliphatic rings. The minimum Gasteiger partial charge on any atom is -0.368 e. The minimum atomic E-state index is -0.264. The number of carbonyl (C=O) groups excluding carboxylic acids is 1. The quantitative estimate of drug-likeness (QED) is 0.833. The highest BCUT2D eigenvalue weighted by Crippen LogP contribution is 2.29. The first-order chi connectivity index (χ1) is 8.66. The van der Waals surface area contributed by atoms with Gasteiger partial charge in [-0.25, -0.2) is 0 Å². The third kappa shape index (κ3) is 3.33. The van der Waals surface area contributed by atoms with Gasteiger partial charge in [-0.1, -0.05) is 36.8 Å². The highest BCUT2D eigenvalue weighted by atomic mass is 16.1. The lowest BCUT2D eigenvalue weighted by atomic mass is 9.94. The zero-order valence-electron chi connectivity index (χ0n) is 10.9. The molecule has 1 amide bonds. The molecule has 18 heavy (non-hydrogen) atoms. The lowest BCUT2D eigenvalue weighted by molar-refractivity contribution is -0.119. The Morgan fingerprint density at radius 1 is 1.39 bits per heavy atom.